The molecule has 1 N–H and O–H groups in total. The minimum Gasteiger partial charge on any atom is -0.366 e. The Labute approximate surface area is 212 Å². The lowest BCUT2D eigenvalue weighted by Gasteiger charge is -2.29. The van der Waals surface area contributed by atoms with Crippen LogP contribution in [0.5, 0.6) is 0 Å². The van der Waals surface area contributed by atoms with Crippen LogP contribution in [0, 0.1) is 26.1 Å². The van der Waals surface area contributed by atoms with Gasteiger partial charge in [-0.1, -0.05) is 61.7 Å². The number of benzene rings is 3. The lowest BCUT2D eigenvalue weighted by molar-refractivity contribution is -0.393. The van der Waals surface area contributed by atoms with Crippen molar-refractivity contribution >= 4 is 23.1 Å². The van der Waals surface area contributed by atoms with Crippen molar-refractivity contribution in [2.24, 2.45) is 5.92 Å². The molecule has 3 aromatic rings. The first-order chi connectivity index (χ1) is 17.8. The summed E-state index contributed by atoms with van der Waals surface area (Å²) in [6.45, 7) is 0. The Bertz CT molecular complexity index is 1300. The number of non-ortho nitro benzene ring substituents is 1. The van der Waals surface area contributed by atoms with E-state index in [-0.39, 0.29) is 23.0 Å². The molecule has 0 spiro atoms. The highest BCUT2D eigenvalue weighted by molar-refractivity contribution is 6.01. The van der Waals surface area contributed by atoms with E-state index in [2.05, 4.69) is 5.48 Å². The predicted octanol–water partition coefficient (Wildman–Crippen LogP) is 5.66. The number of carbonyl (C=O) groups excluding carboxylic acids is 2. The van der Waals surface area contributed by atoms with E-state index in [0.29, 0.717) is 16.7 Å². The molecule has 3 aromatic carbocycles. The van der Waals surface area contributed by atoms with Gasteiger partial charge in [-0.25, -0.2) is 4.79 Å². The number of nitro groups is 2. The molecular weight excluding hydrogens is 478 g/mol. The highest BCUT2D eigenvalue weighted by Gasteiger charge is 2.32. The summed E-state index contributed by atoms with van der Waals surface area (Å²) in [6.07, 6.45) is 4.68. The van der Waals surface area contributed by atoms with Crippen molar-refractivity contribution in [3.8, 4) is 11.1 Å². The fourth-order valence-corrected chi connectivity index (χ4v) is 4.60. The van der Waals surface area contributed by atoms with Crippen molar-refractivity contribution in [2.75, 3.05) is 0 Å². The van der Waals surface area contributed by atoms with Gasteiger partial charge in [-0.05, 0) is 42.5 Å². The molecule has 1 unspecified atom stereocenters. The molecule has 4 rings (SSSR count). The molecule has 10 nitrogen and oxygen atoms in total. The van der Waals surface area contributed by atoms with Crippen LogP contribution in [0.2, 0.25) is 0 Å². The van der Waals surface area contributed by atoms with Gasteiger partial charge in [-0.2, -0.15) is 0 Å². The third kappa shape index (κ3) is 6.04. The van der Waals surface area contributed by atoms with Gasteiger partial charge in [-0.15, -0.1) is 5.48 Å². The average Bonchev–Trinajstić information content (AvgIpc) is 2.93. The lowest BCUT2D eigenvalue weighted by Crippen LogP contribution is -2.44. The molecule has 37 heavy (non-hydrogen) atoms. The summed E-state index contributed by atoms with van der Waals surface area (Å²) in [5.74, 6) is -0.854. The van der Waals surface area contributed by atoms with E-state index in [4.69, 9.17) is 4.84 Å². The summed E-state index contributed by atoms with van der Waals surface area (Å²) in [7, 11) is 0. The van der Waals surface area contributed by atoms with Crippen LogP contribution in [0.25, 0.3) is 11.1 Å². The number of nitrogens with zero attached hydrogens (tertiary/aromatic N) is 2. The van der Waals surface area contributed by atoms with Crippen molar-refractivity contribution in [3.63, 3.8) is 0 Å². The van der Waals surface area contributed by atoms with Crippen LogP contribution in [0.4, 0.5) is 11.4 Å². The number of hydrogen-bond acceptors (Lipinski definition) is 8. The van der Waals surface area contributed by atoms with Crippen molar-refractivity contribution in [3.05, 3.63) is 104 Å². The van der Waals surface area contributed by atoms with Crippen LogP contribution in [0.15, 0.2) is 72.8 Å². The van der Waals surface area contributed by atoms with E-state index >= 15 is 0 Å². The topological polar surface area (TPSA) is 142 Å². The lowest BCUT2D eigenvalue weighted by atomic mass is 9.81. The van der Waals surface area contributed by atoms with Crippen LogP contribution < -0.4 is 5.48 Å². The van der Waals surface area contributed by atoms with Crippen LogP contribution in [0.1, 0.15) is 52.8 Å². The van der Waals surface area contributed by atoms with Crippen molar-refractivity contribution in [1.29, 1.82) is 0 Å². The predicted molar refractivity (Wildman–Crippen MR) is 135 cm³/mol. The molecule has 0 saturated heterocycles. The zero-order valence-electron chi connectivity index (χ0n) is 19.9. The Kier molecular flexibility index (Phi) is 7.99. The quantitative estimate of drug-likeness (QED) is 0.224. The molecule has 10 heteroatoms. The third-order valence-corrected chi connectivity index (χ3v) is 6.56. The maximum Gasteiger partial charge on any atom is 0.356 e. The van der Waals surface area contributed by atoms with Gasteiger partial charge in [0, 0.05) is 11.6 Å². The van der Waals surface area contributed by atoms with E-state index < -0.39 is 27.5 Å². The number of nitrogens with one attached hydrogen (secondary N) is 1. The summed E-state index contributed by atoms with van der Waals surface area (Å²) in [6, 6.07) is 17.4. The SMILES string of the molecule is O=C(ONC(C(=O)c1ccc(-c2ccc([N+](=O)[O-])cc2[N+](=O)[O-])cc1)C1CCCCC1)c1ccccc1. The van der Waals surface area contributed by atoms with Crippen LogP contribution in [0.3, 0.4) is 0 Å². The number of hydroxylamine groups is 1. The average molecular weight is 504 g/mol. The zero-order valence-corrected chi connectivity index (χ0v) is 19.9. The van der Waals surface area contributed by atoms with Gasteiger partial charge in [0.2, 0.25) is 0 Å². The van der Waals surface area contributed by atoms with Gasteiger partial charge in [0.05, 0.1) is 27.0 Å². The summed E-state index contributed by atoms with van der Waals surface area (Å²) >= 11 is 0. The summed E-state index contributed by atoms with van der Waals surface area (Å²) in [5.41, 5.74) is 3.30. The van der Waals surface area contributed by atoms with Crippen LogP contribution in [-0.4, -0.2) is 27.6 Å². The minimum atomic E-state index is -0.743. The maximum absolute atomic E-state index is 13.5. The van der Waals surface area contributed by atoms with Crippen LogP contribution in [-0.2, 0) is 4.84 Å². The highest BCUT2D eigenvalue weighted by Crippen LogP contribution is 2.34. The first-order valence-corrected chi connectivity index (χ1v) is 11.9. The number of nitro benzene ring substituents is 2. The van der Waals surface area contributed by atoms with E-state index in [1.54, 1.807) is 54.6 Å². The molecule has 1 atom stereocenters. The molecule has 0 radical (unpaired) electrons. The molecule has 0 aromatic heterocycles. The number of ketones is 1. The van der Waals surface area contributed by atoms with E-state index in [1.807, 2.05) is 0 Å². The van der Waals surface area contributed by atoms with Gasteiger partial charge in [0.1, 0.15) is 6.04 Å². The van der Waals surface area contributed by atoms with Gasteiger partial charge < -0.3 is 4.84 Å². The fourth-order valence-electron chi connectivity index (χ4n) is 4.60. The molecular formula is C27H25N3O7. The molecule has 1 fully saturated rings. The summed E-state index contributed by atoms with van der Waals surface area (Å²) in [5, 5.41) is 22.5. The van der Waals surface area contributed by atoms with Gasteiger partial charge >= 0.3 is 5.97 Å². The van der Waals surface area contributed by atoms with E-state index in [0.717, 1.165) is 38.2 Å². The Morgan fingerprint density at radius 2 is 1.51 bits per heavy atom. The first-order valence-electron chi connectivity index (χ1n) is 11.9. The Morgan fingerprint density at radius 3 is 2.14 bits per heavy atom. The molecule has 0 heterocycles. The highest BCUT2D eigenvalue weighted by atomic mass is 16.7. The standard InChI is InChI=1S/C27H25N3O7/c31-26(25(19-7-3-1-4-8-19)28-37-27(32)21-9-5-2-6-10-21)20-13-11-18(12-14-20)23-16-15-22(29(33)34)17-24(23)30(35)36/h2,5-6,9-17,19,25,28H,1,3-4,7-8H2. The summed E-state index contributed by atoms with van der Waals surface area (Å²) in [4.78, 5) is 52.4. The smallest absolute Gasteiger partial charge is 0.356 e. The fraction of sp³-hybridized carbons (Fsp3) is 0.259. The molecule has 1 aliphatic carbocycles. The number of Topliss-reactive ketones (excluding diaryl/α,β-unsaturated/α-hetero) is 1. The minimum absolute atomic E-state index is 0.0136. The number of rotatable bonds is 9. The largest absolute Gasteiger partial charge is 0.366 e. The first kappa shape index (κ1) is 25.6. The normalized spacial score (nSPS) is 14.5. The third-order valence-electron chi connectivity index (χ3n) is 6.56. The van der Waals surface area contributed by atoms with E-state index in [1.165, 1.54) is 12.1 Å². The zero-order chi connectivity index (χ0) is 26.4. The van der Waals surface area contributed by atoms with Gasteiger partial charge in [-0.3, -0.25) is 25.0 Å². The Hall–Kier alpha value is -4.44. The second-order valence-electron chi connectivity index (χ2n) is 8.91. The van der Waals surface area contributed by atoms with Crippen molar-refractivity contribution in [2.45, 2.75) is 38.1 Å². The molecule has 1 saturated carbocycles. The van der Waals surface area contributed by atoms with Gasteiger partial charge in [0.15, 0.2) is 5.78 Å². The second kappa shape index (κ2) is 11.5. The number of hydrogen-bond donors (Lipinski definition) is 1. The van der Waals surface area contributed by atoms with Crippen LogP contribution >= 0.6 is 0 Å². The molecule has 0 aliphatic heterocycles. The van der Waals surface area contributed by atoms with Crippen molar-refractivity contribution < 1.29 is 24.3 Å². The molecule has 190 valence electrons. The Morgan fingerprint density at radius 1 is 0.838 bits per heavy atom. The molecule has 1 aliphatic rings. The number of carbonyl (C=O) groups is 2. The second-order valence-corrected chi connectivity index (χ2v) is 8.91. The molecule has 0 amide bonds. The molecule has 0 bridgehead atoms. The Balaban J connectivity index is 1.56. The van der Waals surface area contributed by atoms with Gasteiger partial charge in [0.25, 0.3) is 11.4 Å². The summed E-state index contributed by atoms with van der Waals surface area (Å²) < 4.78 is 0. The maximum atomic E-state index is 13.5. The van der Waals surface area contributed by atoms with E-state index in [9.17, 15) is 29.8 Å². The van der Waals surface area contributed by atoms with Crippen molar-refractivity contribution in [1.82, 2.24) is 5.48 Å². The monoisotopic (exact) mass is 503 g/mol.